The summed E-state index contributed by atoms with van der Waals surface area (Å²) in [6.45, 7) is 2.27. The van der Waals surface area contributed by atoms with E-state index in [-0.39, 0.29) is 18.3 Å². The summed E-state index contributed by atoms with van der Waals surface area (Å²) >= 11 is 0. The summed E-state index contributed by atoms with van der Waals surface area (Å²) in [5, 5.41) is 11.0. The van der Waals surface area contributed by atoms with Crippen LogP contribution in [0.5, 0.6) is 0 Å². The Labute approximate surface area is 122 Å². The van der Waals surface area contributed by atoms with Crippen LogP contribution in [0.2, 0.25) is 0 Å². The van der Waals surface area contributed by atoms with E-state index in [1.165, 1.54) is 12.1 Å². The second-order valence-electron chi connectivity index (χ2n) is 5.03. The van der Waals surface area contributed by atoms with Crippen LogP contribution in [-0.4, -0.2) is 15.5 Å². The molecule has 0 aliphatic rings. The van der Waals surface area contributed by atoms with Gasteiger partial charge in [-0.2, -0.15) is 0 Å². The first-order valence-electron chi connectivity index (χ1n) is 6.83. The first kappa shape index (κ1) is 15.2. The molecule has 1 aromatic heterocycles. The third-order valence-electron chi connectivity index (χ3n) is 3.50. The third kappa shape index (κ3) is 3.66. The first-order chi connectivity index (χ1) is 10.0. The van der Waals surface area contributed by atoms with Crippen molar-refractivity contribution in [1.82, 2.24) is 4.57 Å². The van der Waals surface area contributed by atoms with E-state index < -0.39 is 10.7 Å². The van der Waals surface area contributed by atoms with E-state index in [1.54, 1.807) is 0 Å². The van der Waals surface area contributed by atoms with Crippen LogP contribution in [0.4, 0.5) is 10.1 Å². The molecule has 1 aromatic carbocycles. The lowest BCUT2D eigenvalue weighted by Gasteiger charge is -2.13. The number of nitro benzene ring substituents is 1. The second kappa shape index (κ2) is 6.49. The van der Waals surface area contributed by atoms with Gasteiger partial charge in [-0.15, -0.1) is 0 Å². The predicted octanol–water partition coefficient (Wildman–Crippen LogP) is 2.86. The van der Waals surface area contributed by atoms with Crippen molar-refractivity contribution in [1.29, 1.82) is 0 Å². The van der Waals surface area contributed by atoms with Crippen LogP contribution in [0.15, 0.2) is 36.5 Å². The number of nitro groups is 1. The van der Waals surface area contributed by atoms with Gasteiger partial charge in [-0.05, 0) is 30.7 Å². The minimum absolute atomic E-state index is 0.0427. The highest BCUT2D eigenvalue weighted by Crippen LogP contribution is 2.21. The highest BCUT2D eigenvalue weighted by molar-refractivity contribution is 5.40. The van der Waals surface area contributed by atoms with E-state index >= 15 is 0 Å². The zero-order valence-electron chi connectivity index (χ0n) is 11.8. The maximum Gasteiger partial charge on any atom is 0.274 e. The van der Waals surface area contributed by atoms with Crippen LogP contribution in [0.3, 0.4) is 0 Å². The Bertz CT molecular complexity index is 640. The summed E-state index contributed by atoms with van der Waals surface area (Å²) in [6.07, 6.45) is 3.37. The SMILES string of the molecule is CCC(N)Cc1cccn1Cc1cc(F)ccc1[N+](=O)[O-]. The fraction of sp³-hybridized carbons (Fsp3) is 0.333. The van der Waals surface area contributed by atoms with Crippen LogP contribution in [0.1, 0.15) is 24.6 Å². The molecule has 5 nitrogen and oxygen atoms in total. The third-order valence-corrected chi connectivity index (χ3v) is 3.50. The van der Waals surface area contributed by atoms with Crippen molar-refractivity contribution in [3.05, 3.63) is 63.7 Å². The van der Waals surface area contributed by atoms with Gasteiger partial charge in [-0.25, -0.2) is 4.39 Å². The number of benzene rings is 1. The van der Waals surface area contributed by atoms with Crippen LogP contribution in [-0.2, 0) is 13.0 Å². The largest absolute Gasteiger partial charge is 0.347 e. The maximum absolute atomic E-state index is 13.4. The molecule has 0 radical (unpaired) electrons. The molecule has 0 aliphatic carbocycles. The highest BCUT2D eigenvalue weighted by atomic mass is 19.1. The molecule has 0 fully saturated rings. The van der Waals surface area contributed by atoms with Gasteiger partial charge >= 0.3 is 0 Å². The van der Waals surface area contributed by atoms with Gasteiger partial charge in [-0.1, -0.05) is 6.92 Å². The molecule has 0 spiro atoms. The van der Waals surface area contributed by atoms with Gasteiger partial charge in [0.1, 0.15) is 5.82 Å². The van der Waals surface area contributed by atoms with Gasteiger partial charge in [0.25, 0.3) is 5.69 Å². The monoisotopic (exact) mass is 291 g/mol. The average molecular weight is 291 g/mol. The lowest BCUT2D eigenvalue weighted by atomic mass is 10.1. The van der Waals surface area contributed by atoms with Gasteiger partial charge in [0.15, 0.2) is 0 Å². The fourth-order valence-electron chi connectivity index (χ4n) is 2.24. The average Bonchev–Trinajstić information content (AvgIpc) is 2.85. The highest BCUT2D eigenvalue weighted by Gasteiger charge is 2.16. The lowest BCUT2D eigenvalue weighted by Crippen LogP contribution is -2.23. The number of hydrogen-bond donors (Lipinski definition) is 1. The van der Waals surface area contributed by atoms with Crippen molar-refractivity contribution in [2.75, 3.05) is 0 Å². The predicted molar refractivity (Wildman–Crippen MR) is 78.6 cm³/mol. The van der Waals surface area contributed by atoms with Gasteiger partial charge in [0.05, 0.1) is 17.0 Å². The number of aromatic nitrogens is 1. The van der Waals surface area contributed by atoms with Crippen LogP contribution >= 0.6 is 0 Å². The molecule has 1 heterocycles. The molecule has 0 aliphatic heterocycles. The second-order valence-corrected chi connectivity index (χ2v) is 5.03. The van der Waals surface area contributed by atoms with E-state index in [0.717, 1.165) is 18.2 Å². The molecule has 0 bridgehead atoms. The summed E-state index contributed by atoms with van der Waals surface area (Å²) in [5.74, 6) is -0.477. The van der Waals surface area contributed by atoms with E-state index in [0.29, 0.717) is 12.0 Å². The molecule has 1 atom stereocenters. The van der Waals surface area contributed by atoms with Crippen molar-refractivity contribution in [3.8, 4) is 0 Å². The van der Waals surface area contributed by atoms with Gasteiger partial charge < -0.3 is 10.3 Å². The molecule has 0 saturated heterocycles. The van der Waals surface area contributed by atoms with E-state index in [4.69, 9.17) is 5.73 Å². The van der Waals surface area contributed by atoms with E-state index in [2.05, 4.69) is 0 Å². The normalized spacial score (nSPS) is 12.3. The van der Waals surface area contributed by atoms with E-state index in [9.17, 15) is 14.5 Å². The zero-order chi connectivity index (χ0) is 15.4. The standard InChI is InChI=1S/C15H18FN3O2/c1-2-13(17)9-14-4-3-7-18(14)10-11-8-12(16)5-6-15(11)19(20)21/h3-8,13H,2,9-10,17H2,1H3. The van der Waals surface area contributed by atoms with Crippen molar-refractivity contribution in [3.63, 3.8) is 0 Å². The molecule has 21 heavy (non-hydrogen) atoms. The molecular weight excluding hydrogens is 273 g/mol. The summed E-state index contributed by atoms with van der Waals surface area (Å²) in [4.78, 5) is 10.5. The van der Waals surface area contributed by atoms with Gasteiger partial charge in [0.2, 0.25) is 0 Å². The van der Waals surface area contributed by atoms with Crippen LogP contribution < -0.4 is 5.73 Å². The summed E-state index contributed by atoms with van der Waals surface area (Å²) < 4.78 is 15.2. The molecule has 2 aromatic rings. The number of hydrogen-bond acceptors (Lipinski definition) is 3. The minimum Gasteiger partial charge on any atom is -0.347 e. The van der Waals surface area contributed by atoms with E-state index in [1.807, 2.05) is 29.8 Å². The maximum atomic E-state index is 13.4. The Morgan fingerprint density at radius 1 is 1.43 bits per heavy atom. The minimum atomic E-state index is -0.490. The van der Waals surface area contributed by atoms with Gasteiger partial charge in [-0.3, -0.25) is 10.1 Å². The summed E-state index contributed by atoms with van der Waals surface area (Å²) in [6, 6.07) is 7.35. The number of nitrogens with two attached hydrogens (primary N) is 1. The van der Waals surface area contributed by atoms with Gasteiger partial charge in [0, 0.05) is 30.4 Å². The van der Waals surface area contributed by atoms with Crippen molar-refractivity contribution >= 4 is 5.69 Å². The lowest BCUT2D eigenvalue weighted by molar-refractivity contribution is -0.385. The number of rotatable bonds is 6. The molecule has 6 heteroatoms. The summed E-state index contributed by atoms with van der Waals surface area (Å²) in [7, 11) is 0. The zero-order valence-corrected chi connectivity index (χ0v) is 11.8. The van der Waals surface area contributed by atoms with Crippen LogP contribution in [0.25, 0.3) is 0 Å². The molecule has 2 N–H and O–H groups in total. The Hall–Kier alpha value is -2.21. The fourth-order valence-corrected chi connectivity index (χ4v) is 2.24. The van der Waals surface area contributed by atoms with Crippen LogP contribution in [0, 0.1) is 15.9 Å². The molecular formula is C15H18FN3O2. The van der Waals surface area contributed by atoms with Crippen molar-refractivity contribution < 1.29 is 9.31 Å². The number of halogens is 1. The first-order valence-corrected chi connectivity index (χ1v) is 6.83. The Balaban J connectivity index is 2.28. The summed E-state index contributed by atoms with van der Waals surface area (Å²) in [5.41, 5.74) is 7.21. The topological polar surface area (TPSA) is 74.1 Å². The molecule has 0 amide bonds. The molecule has 1 unspecified atom stereocenters. The Kier molecular flexibility index (Phi) is 4.70. The Morgan fingerprint density at radius 3 is 2.86 bits per heavy atom. The molecule has 2 rings (SSSR count). The Morgan fingerprint density at radius 2 is 2.19 bits per heavy atom. The number of nitrogens with zero attached hydrogens (tertiary/aromatic N) is 2. The molecule has 112 valence electrons. The molecule has 0 saturated carbocycles. The quantitative estimate of drug-likeness (QED) is 0.657. The smallest absolute Gasteiger partial charge is 0.274 e. The van der Waals surface area contributed by atoms with Crippen molar-refractivity contribution in [2.24, 2.45) is 5.73 Å². The van der Waals surface area contributed by atoms with Crippen molar-refractivity contribution in [2.45, 2.75) is 32.4 Å².